The minimum absolute atomic E-state index is 0.0641. The first kappa shape index (κ1) is 25.3. The number of aromatic hydroxyl groups is 1. The molecular formula is C29H33N3O4. The molecule has 0 spiro atoms. The van der Waals surface area contributed by atoms with Crippen molar-refractivity contribution in [3.8, 4) is 22.6 Å². The Labute approximate surface area is 212 Å². The number of rotatable bonds is 9. The van der Waals surface area contributed by atoms with Gasteiger partial charge in [0.25, 0.3) is 0 Å². The van der Waals surface area contributed by atoms with Crippen molar-refractivity contribution in [1.82, 2.24) is 9.88 Å². The van der Waals surface area contributed by atoms with Crippen molar-refractivity contribution in [2.24, 2.45) is 0 Å². The summed E-state index contributed by atoms with van der Waals surface area (Å²) >= 11 is 0. The Bertz CT molecular complexity index is 1190. The Morgan fingerprint density at radius 2 is 1.81 bits per heavy atom. The molecule has 1 N–H and O–H groups in total. The van der Waals surface area contributed by atoms with E-state index in [9.17, 15) is 9.90 Å². The van der Waals surface area contributed by atoms with Crippen LogP contribution in [0.25, 0.3) is 11.1 Å². The van der Waals surface area contributed by atoms with Gasteiger partial charge < -0.3 is 19.5 Å². The topological polar surface area (TPSA) is 75.1 Å². The van der Waals surface area contributed by atoms with Crippen molar-refractivity contribution in [3.63, 3.8) is 0 Å². The van der Waals surface area contributed by atoms with Gasteiger partial charge >= 0.3 is 5.97 Å². The lowest BCUT2D eigenvalue weighted by Gasteiger charge is -2.36. The number of esters is 1. The van der Waals surface area contributed by atoms with E-state index in [1.807, 2.05) is 44.2 Å². The zero-order valence-corrected chi connectivity index (χ0v) is 20.9. The minimum atomic E-state index is -0.337. The van der Waals surface area contributed by atoms with Gasteiger partial charge in [-0.25, -0.2) is 4.79 Å². The zero-order chi connectivity index (χ0) is 25.5. The van der Waals surface area contributed by atoms with Gasteiger partial charge in [0.2, 0.25) is 0 Å². The quantitative estimate of drug-likeness (QED) is 0.340. The van der Waals surface area contributed by atoms with Crippen LogP contribution in [0, 0.1) is 0 Å². The van der Waals surface area contributed by atoms with E-state index < -0.39 is 0 Å². The number of nitrogens with zero attached hydrogens (tertiary/aromatic N) is 3. The molecule has 188 valence electrons. The second-order valence-electron chi connectivity index (χ2n) is 9.16. The summed E-state index contributed by atoms with van der Waals surface area (Å²) in [5, 5.41) is 9.88. The van der Waals surface area contributed by atoms with Crippen LogP contribution in [-0.4, -0.2) is 59.8 Å². The van der Waals surface area contributed by atoms with Crippen LogP contribution in [0.15, 0.2) is 73.6 Å². The fourth-order valence-corrected chi connectivity index (χ4v) is 4.29. The molecule has 4 rings (SSSR count). The molecule has 1 aliphatic heterocycles. The number of pyridine rings is 1. The summed E-state index contributed by atoms with van der Waals surface area (Å²) in [6.45, 7) is 12.2. The highest BCUT2D eigenvalue weighted by molar-refractivity contribution is 5.89. The second kappa shape index (κ2) is 11.7. The Hall–Kier alpha value is -3.84. The lowest BCUT2D eigenvalue weighted by atomic mass is 10.0. The van der Waals surface area contributed by atoms with E-state index in [4.69, 9.17) is 9.47 Å². The van der Waals surface area contributed by atoms with E-state index in [0.717, 1.165) is 60.9 Å². The third-order valence-electron chi connectivity index (χ3n) is 5.97. The molecule has 1 aromatic heterocycles. The number of aromatic nitrogens is 1. The number of benzene rings is 2. The molecule has 2 aromatic carbocycles. The van der Waals surface area contributed by atoms with Crippen molar-refractivity contribution in [2.75, 3.05) is 37.7 Å². The minimum Gasteiger partial charge on any atom is -0.506 e. The molecule has 0 bridgehead atoms. The van der Waals surface area contributed by atoms with Crippen molar-refractivity contribution in [2.45, 2.75) is 26.5 Å². The fraction of sp³-hybridized carbons (Fsp3) is 0.310. The van der Waals surface area contributed by atoms with E-state index in [-0.39, 0.29) is 24.4 Å². The molecule has 1 fully saturated rings. The van der Waals surface area contributed by atoms with Crippen LogP contribution in [0.5, 0.6) is 11.5 Å². The molecule has 0 amide bonds. The first-order valence-electron chi connectivity index (χ1n) is 12.2. The Morgan fingerprint density at radius 3 is 2.47 bits per heavy atom. The van der Waals surface area contributed by atoms with E-state index in [1.54, 1.807) is 18.3 Å². The summed E-state index contributed by atoms with van der Waals surface area (Å²) in [6.07, 6.45) is 4.81. The maximum Gasteiger partial charge on any atom is 0.338 e. The van der Waals surface area contributed by atoms with Gasteiger partial charge in [0.15, 0.2) is 0 Å². The molecule has 0 saturated carbocycles. The predicted octanol–water partition coefficient (Wildman–Crippen LogP) is 4.91. The van der Waals surface area contributed by atoms with Crippen LogP contribution in [-0.2, 0) is 11.3 Å². The average molecular weight is 488 g/mol. The zero-order valence-electron chi connectivity index (χ0n) is 20.9. The monoisotopic (exact) mass is 487 g/mol. The van der Waals surface area contributed by atoms with Gasteiger partial charge in [-0.3, -0.25) is 9.88 Å². The van der Waals surface area contributed by atoms with Crippen molar-refractivity contribution < 1.29 is 19.4 Å². The molecule has 7 nitrogen and oxygen atoms in total. The number of anilines is 1. The van der Waals surface area contributed by atoms with Crippen molar-refractivity contribution in [1.29, 1.82) is 0 Å². The van der Waals surface area contributed by atoms with Crippen LogP contribution < -0.4 is 9.64 Å². The first-order chi connectivity index (χ1) is 17.4. The average Bonchev–Trinajstić information content (AvgIpc) is 2.87. The van der Waals surface area contributed by atoms with Gasteiger partial charge in [-0.15, -0.1) is 0 Å². The number of piperazine rings is 1. The summed E-state index contributed by atoms with van der Waals surface area (Å²) in [5.74, 6) is 0.615. The number of hydrogen-bond donors (Lipinski definition) is 1. The highest BCUT2D eigenvalue weighted by Gasteiger charge is 2.19. The SMILES string of the molecule is C=CCOC(=O)c1ccc(N2CCN(Cc3cc(OC(C)C)cc(-c4cncc(O)c4)c3)CC2)cc1. The summed E-state index contributed by atoms with van der Waals surface area (Å²) < 4.78 is 11.1. The first-order valence-corrected chi connectivity index (χ1v) is 12.2. The lowest BCUT2D eigenvalue weighted by Crippen LogP contribution is -2.46. The fourth-order valence-electron chi connectivity index (χ4n) is 4.29. The summed E-state index contributed by atoms with van der Waals surface area (Å²) in [4.78, 5) is 20.9. The van der Waals surface area contributed by atoms with Gasteiger partial charge in [0, 0.05) is 50.2 Å². The van der Waals surface area contributed by atoms with Gasteiger partial charge in [-0.05, 0) is 73.5 Å². The van der Waals surface area contributed by atoms with Crippen LogP contribution in [0.4, 0.5) is 5.69 Å². The molecule has 0 radical (unpaired) electrons. The standard InChI is InChI=1S/C29H33N3O4/c1-4-13-35-29(34)23-5-7-26(8-6-23)32-11-9-31(10-12-32)20-22-14-24(17-28(15-22)36-21(2)3)25-16-27(33)19-30-18-25/h4-8,14-19,21,33H,1,9-13,20H2,2-3H3. The Morgan fingerprint density at radius 1 is 1.06 bits per heavy atom. The van der Waals surface area contributed by atoms with Gasteiger partial charge in [-0.2, -0.15) is 0 Å². The number of carbonyl (C=O) groups is 1. The highest BCUT2D eigenvalue weighted by Crippen LogP contribution is 2.29. The molecule has 0 aliphatic carbocycles. The number of carbonyl (C=O) groups excluding carboxylic acids is 1. The largest absolute Gasteiger partial charge is 0.506 e. The number of ether oxygens (including phenoxy) is 2. The van der Waals surface area contributed by atoms with Gasteiger partial charge in [-0.1, -0.05) is 12.7 Å². The van der Waals surface area contributed by atoms with E-state index in [0.29, 0.717) is 5.56 Å². The maximum atomic E-state index is 12.0. The molecule has 2 heterocycles. The Balaban J connectivity index is 1.41. The summed E-state index contributed by atoms with van der Waals surface area (Å²) in [5.41, 5.74) is 4.62. The van der Waals surface area contributed by atoms with Crippen molar-refractivity contribution in [3.05, 3.63) is 84.7 Å². The van der Waals surface area contributed by atoms with Crippen LogP contribution in [0.2, 0.25) is 0 Å². The van der Waals surface area contributed by atoms with Crippen LogP contribution >= 0.6 is 0 Å². The second-order valence-corrected chi connectivity index (χ2v) is 9.16. The molecular weight excluding hydrogens is 454 g/mol. The van der Waals surface area contributed by atoms with E-state index in [2.05, 4.69) is 33.5 Å². The summed E-state index contributed by atoms with van der Waals surface area (Å²) in [7, 11) is 0. The Kier molecular flexibility index (Phi) is 8.23. The number of hydrogen-bond acceptors (Lipinski definition) is 7. The summed E-state index contributed by atoms with van der Waals surface area (Å²) in [6, 6.07) is 15.5. The smallest absolute Gasteiger partial charge is 0.338 e. The normalized spacial score (nSPS) is 14.0. The lowest BCUT2D eigenvalue weighted by molar-refractivity contribution is 0.0549. The predicted molar refractivity (Wildman–Crippen MR) is 142 cm³/mol. The molecule has 0 unspecified atom stereocenters. The third kappa shape index (κ3) is 6.64. The molecule has 1 aliphatic rings. The highest BCUT2D eigenvalue weighted by atomic mass is 16.5. The molecule has 7 heteroatoms. The molecule has 3 aromatic rings. The van der Waals surface area contributed by atoms with E-state index >= 15 is 0 Å². The molecule has 1 saturated heterocycles. The van der Waals surface area contributed by atoms with Gasteiger partial charge in [0.1, 0.15) is 18.1 Å². The molecule has 0 atom stereocenters. The molecule has 36 heavy (non-hydrogen) atoms. The maximum absolute atomic E-state index is 12.0. The van der Waals surface area contributed by atoms with Crippen LogP contribution in [0.1, 0.15) is 29.8 Å². The van der Waals surface area contributed by atoms with Crippen LogP contribution in [0.3, 0.4) is 0 Å². The van der Waals surface area contributed by atoms with Gasteiger partial charge in [0.05, 0.1) is 17.9 Å². The van der Waals surface area contributed by atoms with E-state index in [1.165, 1.54) is 6.20 Å². The van der Waals surface area contributed by atoms with Crippen molar-refractivity contribution >= 4 is 11.7 Å². The third-order valence-corrected chi connectivity index (χ3v) is 5.97.